The first-order valence-corrected chi connectivity index (χ1v) is 7.68. The summed E-state index contributed by atoms with van der Waals surface area (Å²) in [5.41, 5.74) is 3.26. The topological polar surface area (TPSA) is 94.3 Å². The number of rotatable bonds is 2. The highest BCUT2D eigenvalue weighted by Crippen LogP contribution is 2.37. The predicted octanol–water partition coefficient (Wildman–Crippen LogP) is 3.54. The van der Waals surface area contributed by atoms with Crippen LogP contribution >= 0.6 is 0 Å². The van der Waals surface area contributed by atoms with E-state index >= 15 is 0 Å². The molecule has 124 valence electrons. The highest BCUT2D eigenvalue weighted by Gasteiger charge is 2.38. The largest absolute Gasteiger partial charge is 0.465 e. The summed E-state index contributed by atoms with van der Waals surface area (Å²) in [6, 6.07) is 12.0. The van der Waals surface area contributed by atoms with E-state index in [2.05, 4.69) is 11.1 Å². The van der Waals surface area contributed by atoms with E-state index in [1.807, 2.05) is 18.2 Å². The molecular formula is C19H15N3O3. The van der Waals surface area contributed by atoms with Gasteiger partial charge in [0.05, 0.1) is 11.6 Å². The fourth-order valence-corrected chi connectivity index (χ4v) is 3.04. The number of hydrogen-bond donors (Lipinski definition) is 1. The van der Waals surface area contributed by atoms with Gasteiger partial charge in [0, 0.05) is 18.8 Å². The van der Waals surface area contributed by atoms with Gasteiger partial charge in [-0.25, -0.2) is 9.69 Å². The van der Waals surface area contributed by atoms with Crippen LogP contribution in [0.1, 0.15) is 24.9 Å². The van der Waals surface area contributed by atoms with E-state index in [0.29, 0.717) is 16.7 Å². The standard InChI is InChI=1S/C19H15N3O3/c1-12-9-17(23)22(19(24)25)18(16(12)11-20)15-4-2-3-14(10-15)13-5-7-21-8-6-13/h2-8,10,18H,9H2,1H3,(H,24,25). The second kappa shape index (κ2) is 6.57. The fourth-order valence-electron chi connectivity index (χ4n) is 3.04. The molecule has 0 radical (unpaired) electrons. The van der Waals surface area contributed by atoms with Gasteiger partial charge in [0.2, 0.25) is 5.91 Å². The molecule has 1 aromatic heterocycles. The molecule has 1 atom stereocenters. The Labute approximate surface area is 144 Å². The fraction of sp³-hybridized carbons (Fsp3) is 0.158. The van der Waals surface area contributed by atoms with Crippen molar-refractivity contribution in [2.45, 2.75) is 19.4 Å². The van der Waals surface area contributed by atoms with Crippen molar-refractivity contribution in [3.63, 3.8) is 0 Å². The number of aromatic nitrogens is 1. The Morgan fingerprint density at radius 1 is 1.28 bits per heavy atom. The maximum absolute atomic E-state index is 12.2. The number of carbonyl (C=O) groups is 2. The van der Waals surface area contributed by atoms with E-state index in [9.17, 15) is 20.0 Å². The Kier molecular flexibility index (Phi) is 4.31. The molecule has 1 N–H and O–H groups in total. The van der Waals surface area contributed by atoms with Gasteiger partial charge in [-0.05, 0) is 47.4 Å². The Bertz CT molecular complexity index is 913. The molecule has 25 heavy (non-hydrogen) atoms. The Hall–Kier alpha value is -3.46. The molecular weight excluding hydrogens is 318 g/mol. The van der Waals surface area contributed by atoms with Crippen LogP contribution in [0.25, 0.3) is 11.1 Å². The van der Waals surface area contributed by atoms with Crippen molar-refractivity contribution in [1.29, 1.82) is 5.26 Å². The average Bonchev–Trinajstić information content (AvgIpc) is 2.61. The molecule has 1 aromatic carbocycles. The third-order valence-corrected chi connectivity index (χ3v) is 4.22. The average molecular weight is 333 g/mol. The minimum absolute atomic E-state index is 0.0598. The van der Waals surface area contributed by atoms with Crippen LogP contribution < -0.4 is 0 Å². The second-order valence-corrected chi connectivity index (χ2v) is 5.79. The summed E-state index contributed by atoms with van der Waals surface area (Å²) < 4.78 is 0. The lowest BCUT2D eigenvalue weighted by atomic mass is 9.88. The Balaban J connectivity index is 2.15. The highest BCUT2D eigenvalue weighted by molar-refractivity contribution is 5.95. The van der Waals surface area contributed by atoms with Crippen molar-refractivity contribution in [3.8, 4) is 17.2 Å². The van der Waals surface area contributed by atoms with E-state index in [-0.39, 0.29) is 6.42 Å². The normalized spacial score (nSPS) is 17.4. The number of carboxylic acid groups (broad SMARTS) is 1. The molecule has 0 spiro atoms. The molecule has 0 saturated heterocycles. The predicted molar refractivity (Wildman–Crippen MR) is 90.2 cm³/mol. The summed E-state index contributed by atoms with van der Waals surface area (Å²) in [7, 11) is 0. The molecule has 2 amide bonds. The molecule has 3 rings (SSSR count). The minimum atomic E-state index is -1.36. The summed E-state index contributed by atoms with van der Waals surface area (Å²) in [5, 5.41) is 19.0. The van der Waals surface area contributed by atoms with Crippen molar-refractivity contribution < 1.29 is 14.7 Å². The van der Waals surface area contributed by atoms with Gasteiger partial charge in [0.1, 0.15) is 6.04 Å². The van der Waals surface area contributed by atoms with Crippen molar-refractivity contribution in [3.05, 3.63) is 65.5 Å². The number of amides is 2. The smallest absolute Gasteiger partial charge is 0.414 e. The summed E-state index contributed by atoms with van der Waals surface area (Å²) in [6.07, 6.45) is 1.92. The second-order valence-electron chi connectivity index (χ2n) is 5.79. The number of nitrogens with zero attached hydrogens (tertiary/aromatic N) is 3. The number of nitriles is 1. The molecule has 6 nitrogen and oxygen atoms in total. The van der Waals surface area contributed by atoms with E-state index in [1.165, 1.54) is 0 Å². The van der Waals surface area contributed by atoms with Crippen molar-refractivity contribution in [2.24, 2.45) is 0 Å². The van der Waals surface area contributed by atoms with Crippen LogP contribution in [0.5, 0.6) is 0 Å². The van der Waals surface area contributed by atoms with Crippen LogP contribution in [-0.2, 0) is 4.79 Å². The number of imide groups is 1. The van der Waals surface area contributed by atoms with Crippen LogP contribution in [-0.4, -0.2) is 27.0 Å². The molecule has 6 heteroatoms. The molecule has 1 aliphatic heterocycles. The first-order chi connectivity index (χ1) is 12.0. The molecule has 1 unspecified atom stereocenters. The van der Waals surface area contributed by atoms with Gasteiger partial charge in [-0.2, -0.15) is 5.26 Å². The number of benzene rings is 1. The zero-order valence-electron chi connectivity index (χ0n) is 13.5. The molecule has 0 fully saturated rings. The van der Waals surface area contributed by atoms with Gasteiger partial charge in [0.25, 0.3) is 0 Å². The van der Waals surface area contributed by atoms with Gasteiger partial charge in [-0.3, -0.25) is 9.78 Å². The van der Waals surface area contributed by atoms with Gasteiger partial charge in [-0.1, -0.05) is 18.2 Å². The summed E-state index contributed by atoms with van der Waals surface area (Å²) in [6.45, 7) is 1.69. The first-order valence-electron chi connectivity index (χ1n) is 7.68. The summed E-state index contributed by atoms with van der Waals surface area (Å²) in [5.74, 6) is -0.525. The molecule has 1 aliphatic rings. The SMILES string of the molecule is CC1=C(C#N)C(c2cccc(-c3ccncc3)c2)N(C(=O)O)C(=O)C1. The zero-order valence-corrected chi connectivity index (χ0v) is 13.5. The van der Waals surface area contributed by atoms with Gasteiger partial charge in [-0.15, -0.1) is 0 Å². The minimum Gasteiger partial charge on any atom is -0.465 e. The molecule has 2 aromatic rings. The maximum Gasteiger partial charge on any atom is 0.414 e. The zero-order chi connectivity index (χ0) is 18.0. The van der Waals surface area contributed by atoms with Crippen molar-refractivity contribution in [1.82, 2.24) is 9.88 Å². The summed E-state index contributed by atoms with van der Waals surface area (Å²) >= 11 is 0. The molecule has 0 bridgehead atoms. The molecule has 0 aliphatic carbocycles. The van der Waals surface area contributed by atoms with Crippen LogP contribution in [0.15, 0.2) is 59.9 Å². The lowest BCUT2D eigenvalue weighted by Crippen LogP contribution is -2.42. The Morgan fingerprint density at radius 3 is 2.64 bits per heavy atom. The number of carbonyl (C=O) groups excluding carboxylic acids is 1. The van der Waals surface area contributed by atoms with E-state index in [4.69, 9.17) is 0 Å². The third kappa shape index (κ3) is 3.00. The van der Waals surface area contributed by atoms with Crippen LogP contribution in [0.2, 0.25) is 0 Å². The van der Waals surface area contributed by atoms with E-state index < -0.39 is 18.0 Å². The quantitative estimate of drug-likeness (QED) is 0.907. The highest BCUT2D eigenvalue weighted by atomic mass is 16.4. The van der Waals surface area contributed by atoms with Gasteiger partial charge >= 0.3 is 6.09 Å². The van der Waals surface area contributed by atoms with Crippen LogP contribution in [0.4, 0.5) is 4.79 Å². The Morgan fingerprint density at radius 2 is 2.00 bits per heavy atom. The summed E-state index contributed by atoms with van der Waals surface area (Å²) in [4.78, 5) is 28.6. The lowest BCUT2D eigenvalue weighted by molar-refractivity contribution is -0.130. The molecule has 0 saturated carbocycles. The van der Waals surface area contributed by atoms with Crippen LogP contribution in [0.3, 0.4) is 0 Å². The monoisotopic (exact) mass is 333 g/mol. The van der Waals surface area contributed by atoms with Gasteiger partial charge < -0.3 is 5.11 Å². The third-order valence-electron chi connectivity index (χ3n) is 4.22. The van der Waals surface area contributed by atoms with E-state index in [0.717, 1.165) is 16.0 Å². The van der Waals surface area contributed by atoms with Crippen molar-refractivity contribution in [2.75, 3.05) is 0 Å². The first kappa shape index (κ1) is 16.4. The van der Waals surface area contributed by atoms with Gasteiger partial charge in [0.15, 0.2) is 0 Å². The van der Waals surface area contributed by atoms with Crippen molar-refractivity contribution >= 4 is 12.0 Å². The van der Waals surface area contributed by atoms with Crippen LogP contribution in [0, 0.1) is 11.3 Å². The van der Waals surface area contributed by atoms with E-state index in [1.54, 1.807) is 37.5 Å². The maximum atomic E-state index is 12.2. The number of hydrogen-bond acceptors (Lipinski definition) is 4. The molecule has 2 heterocycles. The lowest BCUT2D eigenvalue weighted by Gasteiger charge is -2.32. The number of pyridine rings is 1.